The maximum atomic E-state index is 11.3. The molecular weight excluding hydrogens is 260 g/mol. The molecule has 15 heavy (non-hydrogen) atoms. The van der Waals surface area contributed by atoms with E-state index in [-0.39, 0.29) is 11.5 Å². The fraction of sp³-hybridized carbons (Fsp3) is 0.364. The van der Waals surface area contributed by atoms with Gasteiger partial charge in [-0.05, 0) is 13.0 Å². The molecule has 4 heteroatoms. The van der Waals surface area contributed by atoms with Crippen LogP contribution in [0.2, 0.25) is 0 Å². The standard InChI is InChI=1S/C11H13BrO3/c1-2-15-11-6-9(13)4-3-8(11)5-10(14)7-12/h3-4,6,13H,2,5,7H2,1H3. The summed E-state index contributed by atoms with van der Waals surface area (Å²) in [4.78, 5) is 11.3. The Morgan fingerprint density at radius 2 is 2.27 bits per heavy atom. The van der Waals surface area contributed by atoms with E-state index in [1.54, 1.807) is 12.1 Å². The second kappa shape index (κ2) is 5.75. The van der Waals surface area contributed by atoms with Crippen molar-refractivity contribution in [3.05, 3.63) is 23.8 Å². The van der Waals surface area contributed by atoms with Gasteiger partial charge >= 0.3 is 0 Å². The molecule has 0 fully saturated rings. The van der Waals surface area contributed by atoms with Gasteiger partial charge in [0.2, 0.25) is 0 Å². The van der Waals surface area contributed by atoms with Gasteiger partial charge < -0.3 is 9.84 Å². The number of ether oxygens (including phenoxy) is 1. The molecule has 0 saturated carbocycles. The number of carbonyl (C=O) groups excluding carboxylic acids is 1. The zero-order valence-electron chi connectivity index (χ0n) is 8.50. The summed E-state index contributed by atoms with van der Waals surface area (Å²) in [7, 11) is 0. The molecule has 0 aliphatic rings. The number of halogens is 1. The van der Waals surface area contributed by atoms with E-state index in [1.807, 2.05) is 6.92 Å². The molecule has 0 atom stereocenters. The van der Waals surface area contributed by atoms with Crippen molar-refractivity contribution in [2.45, 2.75) is 13.3 Å². The molecule has 82 valence electrons. The second-order valence-corrected chi connectivity index (χ2v) is 3.63. The first-order chi connectivity index (χ1) is 7.17. The van der Waals surface area contributed by atoms with Crippen molar-refractivity contribution in [3.8, 4) is 11.5 Å². The molecule has 0 aromatic heterocycles. The smallest absolute Gasteiger partial charge is 0.147 e. The van der Waals surface area contributed by atoms with E-state index < -0.39 is 0 Å². The van der Waals surface area contributed by atoms with Gasteiger partial charge in [-0.15, -0.1) is 0 Å². The quantitative estimate of drug-likeness (QED) is 0.837. The highest BCUT2D eigenvalue weighted by Gasteiger charge is 2.08. The van der Waals surface area contributed by atoms with Crippen LogP contribution < -0.4 is 4.74 Å². The molecule has 0 bridgehead atoms. The van der Waals surface area contributed by atoms with Crippen molar-refractivity contribution in [2.75, 3.05) is 11.9 Å². The maximum Gasteiger partial charge on any atom is 0.147 e. The third-order valence-electron chi connectivity index (χ3n) is 1.89. The number of Topliss-reactive ketones (excluding diaryl/α,β-unsaturated/α-hetero) is 1. The van der Waals surface area contributed by atoms with E-state index in [0.29, 0.717) is 24.1 Å². The molecule has 0 aliphatic carbocycles. The predicted octanol–water partition coefficient (Wildman–Crippen LogP) is 2.30. The van der Waals surface area contributed by atoms with E-state index >= 15 is 0 Å². The van der Waals surface area contributed by atoms with Crippen LogP contribution in [0.15, 0.2) is 18.2 Å². The summed E-state index contributed by atoms with van der Waals surface area (Å²) in [5, 5.41) is 9.61. The Labute approximate surface area is 97.2 Å². The van der Waals surface area contributed by atoms with Crippen LogP contribution in [-0.4, -0.2) is 22.8 Å². The van der Waals surface area contributed by atoms with Crippen LogP contribution in [0, 0.1) is 0 Å². The lowest BCUT2D eigenvalue weighted by Crippen LogP contribution is -2.05. The van der Waals surface area contributed by atoms with Crippen LogP contribution >= 0.6 is 15.9 Å². The molecule has 0 aliphatic heterocycles. The van der Waals surface area contributed by atoms with Crippen LogP contribution in [0.25, 0.3) is 0 Å². The highest BCUT2D eigenvalue weighted by molar-refractivity contribution is 9.09. The summed E-state index contributed by atoms with van der Waals surface area (Å²) in [5.74, 6) is 0.807. The van der Waals surface area contributed by atoms with E-state index in [4.69, 9.17) is 4.74 Å². The molecular formula is C11H13BrO3. The minimum atomic E-state index is 0.0849. The van der Waals surface area contributed by atoms with Crippen LogP contribution in [0.4, 0.5) is 0 Å². The maximum absolute atomic E-state index is 11.3. The number of alkyl halides is 1. The average Bonchev–Trinajstić information content (AvgIpc) is 2.22. The molecule has 0 unspecified atom stereocenters. The van der Waals surface area contributed by atoms with E-state index in [9.17, 15) is 9.90 Å². The van der Waals surface area contributed by atoms with E-state index in [2.05, 4.69) is 15.9 Å². The number of benzene rings is 1. The lowest BCUT2D eigenvalue weighted by atomic mass is 10.1. The largest absolute Gasteiger partial charge is 0.508 e. The first kappa shape index (κ1) is 12.0. The van der Waals surface area contributed by atoms with Gasteiger partial charge in [-0.2, -0.15) is 0 Å². The number of hydrogen-bond donors (Lipinski definition) is 1. The lowest BCUT2D eigenvalue weighted by molar-refractivity contribution is -0.115. The van der Waals surface area contributed by atoms with Crippen molar-refractivity contribution < 1.29 is 14.6 Å². The molecule has 0 amide bonds. The van der Waals surface area contributed by atoms with Crippen LogP contribution in [-0.2, 0) is 11.2 Å². The molecule has 1 N–H and O–H groups in total. The Morgan fingerprint density at radius 1 is 1.53 bits per heavy atom. The summed E-state index contributed by atoms with van der Waals surface area (Å²) in [6.45, 7) is 2.37. The van der Waals surface area contributed by atoms with Crippen molar-refractivity contribution in [1.82, 2.24) is 0 Å². The average molecular weight is 273 g/mol. The van der Waals surface area contributed by atoms with Gasteiger partial charge in [0.25, 0.3) is 0 Å². The minimum absolute atomic E-state index is 0.0849. The zero-order valence-corrected chi connectivity index (χ0v) is 10.1. The second-order valence-electron chi connectivity index (χ2n) is 3.07. The van der Waals surface area contributed by atoms with Gasteiger partial charge in [0.1, 0.15) is 17.3 Å². The molecule has 0 heterocycles. The Kier molecular flexibility index (Phi) is 4.62. The van der Waals surface area contributed by atoms with Crippen LogP contribution in [0.3, 0.4) is 0 Å². The number of aromatic hydroxyl groups is 1. The number of carbonyl (C=O) groups is 1. The Balaban J connectivity index is 2.89. The number of ketones is 1. The molecule has 1 aromatic rings. The van der Waals surface area contributed by atoms with Gasteiger partial charge in [0.15, 0.2) is 0 Å². The van der Waals surface area contributed by atoms with Crippen molar-refractivity contribution >= 4 is 21.7 Å². The molecule has 1 aromatic carbocycles. The fourth-order valence-electron chi connectivity index (χ4n) is 1.24. The molecule has 3 nitrogen and oxygen atoms in total. The van der Waals surface area contributed by atoms with E-state index in [0.717, 1.165) is 5.56 Å². The normalized spacial score (nSPS) is 10.0. The summed E-state index contributed by atoms with van der Waals surface area (Å²) in [6, 6.07) is 4.79. The molecule has 0 saturated heterocycles. The minimum Gasteiger partial charge on any atom is -0.508 e. The third-order valence-corrected chi connectivity index (χ3v) is 2.51. The fourth-order valence-corrected chi connectivity index (χ4v) is 1.44. The van der Waals surface area contributed by atoms with Crippen LogP contribution in [0.5, 0.6) is 11.5 Å². The van der Waals surface area contributed by atoms with E-state index in [1.165, 1.54) is 6.07 Å². The number of phenolic OH excluding ortho intramolecular Hbond substituents is 1. The summed E-state index contributed by atoms with van der Waals surface area (Å²) in [5.41, 5.74) is 0.805. The SMILES string of the molecule is CCOc1cc(O)ccc1CC(=O)CBr. The van der Waals surface area contributed by atoms with Crippen LogP contribution in [0.1, 0.15) is 12.5 Å². The monoisotopic (exact) mass is 272 g/mol. The van der Waals surface area contributed by atoms with Gasteiger partial charge in [-0.3, -0.25) is 4.79 Å². The van der Waals surface area contributed by atoms with Gasteiger partial charge in [-0.25, -0.2) is 0 Å². The van der Waals surface area contributed by atoms with Crippen molar-refractivity contribution in [1.29, 1.82) is 0 Å². The lowest BCUT2D eigenvalue weighted by Gasteiger charge is -2.09. The Bertz CT molecular complexity index is 350. The Morgan fingerprint density at radius 3 is 2.87 bits per heavy atom. The Hall–Kier alpha value is -1.03. The molecule has 0 radical (unpaired) electrons. The van der Waals surface area contributed by atoms with Crippen molar-refractivity contribution in [3.63, 3.8) is 0 Å². The highest BCUT2D eigenvalue weighted by Crippen LogP contribution is 2.24. The first-order valence-electron chi connectivity index (χ1n) is 4.69. The highest BCUT2D eigenvalue weighted by atomic mass is 79.9. The summed E-state index contributed by atoms with van der Waals surface area (Å²) in [6.07, 6.45) is 0.320. The van der Waals surface area contributed by atoms with Crippen molar-refractivity contribution in [2.24, 2.45) is 0 Å². The number of rotatable bonds is 5. The summed E-state index contributed by atoms with van der Waals surface area (Å²) >= 11 is 3.11. The third kappa shape index (κ3) is 3.55. The zero-order chi connectivity index (χ0) is 11.3. The van der Waals surface area contributed by atoms with Gasteiger partial charge in [0.05, 0.1) is 11.9 Å². The predicted molar refractivity (Wildman–Crippen MR) is 61.8 cm³/mol. The summed E-state index contributed by atoms with van der Waals surface area (Å²) < 4.78 is 5.34. The molecule has 1 rings (SSSR count). The number of phenols is 1. The topological polar surface area (TPSA) is 46.5 Å². The molecule has 0 spiro atoms. The van der Waals surface area contributed by atoms with Gasteiger partial charge in [0, 0.05) is 18.1 Å². The van der Waals surface area contributed by atoms with Gasteiger partial charge in [-0.1, -0.05) is 22.0 Å². The first-order valence-corrected chi connectivity index (χ1v) is 5.82. The number of hydrogen-bond acceptors (Lipinski definition) is 3.